The summed E-state index contributed by atoms with van der Waals surface area (Å²) in [6, 6.07) is 7.24. The molecule has 0 aliphatic carbocycles. The summed E-state index contributed by atoms with van der Waals surface area (Å²) in [6.45, 7) is 9.26. The topological polar surface area (TPSA) is 77.6 Å². The molecule has 3 rings (SSSR count). The van der Waals surface area contributed by atoms with E-state index in [2.05, 4.69) is 25.7 Å². The number of likely N-dealkylation sites (tertiary alicyclic amines) is 1. The number of aromatic nitrogens is 1. The number of amides is 1. The normalized spacial score (nSPS) is 18.4. The Bertz CT molecular complexity index is 927. The summed E-state index contributed by atoms with van der Waals surface area (Å²) in [7, 11) is 1.59. The van der Waals surface area contributed by atoms with Gasteiger partial charge in [0.05, 0.1) is 18.2 Å². The second-order valence-electron chi connectivity index (χ2n) is 8.71. The van der Waals surface area contributed by atoms with Crippen LogP contribution in [0.1, 0.15) is 50.4 Å². The first kappa shape index (κ1) is 20.4. The summed E-state index contributed by atoms with van der Waals surface area (Å²) in [4.78, 5) is 27.1. The predicted octanol–water partition coefficient (Wildman–Crippen LogP) is 3.01. The van der Waals surface area contributed by atoms with Crippen molar-refractivity contribution in [1.82, 2.24) is 9.47 Å². The lowest BCUT2D eigenvalue weighted by Crippen LogP contribution is -2.48. The highest BCUT2D eigenvalue weighted by atomic mass is 16.5. The molecule has 1 saturated heterocycles. The Hall–Kier alpha value is -2.34. The number of rotatable bonds is 5. The third-order valence-electron chi connectivity index (χ3n) is 5.81. The van der Waals surface area contributed by atoms with E-state index >= 15 is 0 Å². The van der Waals surface area contributed by atoms with Crippen molar-refractivity contribution in [3.8, 4) is 5.75 Å². The number of pyridine rings is 1. The zero-order valence-corrected chi connectivity index (χ0v) is 17.3. The first-order valence-corrected chi connectivity index (χ1v) is 9.98. The molecule has 1 unspecified atom stereocenters. The summed E-state index contributed by atoms with van der Waals surface area (Å²) in [5, 5.41) is 0.680. The fourth-order valence-corrected chi connectivity index (χ4v) is 4.39. The van der Waals surface area contributed by atoms with Crippen LogP contribution >= 0.6 is 0 Å². The largest absolute Gasteiger partial charge is 0.497 e. The molecule has 1 aromatic carbocycles. The lowest BCUT2D eigenvalue weighted by Gasteiger charge is -2.43. The highest BCUT2D eigenvalue weighted by Gasteiger charge is 2.32. The van der Waals surface area contributed by atoms with Crippen LogP contribution in [0.4, 0.5) is 0 Å². The molecule has 2 aromatic rings. The fourth-order valence-electron chi connectivity index (χ4n) is 4.39. The van der Waals surface area contributed by atoms with Gasteiger partial charge in [0.25, 0.3) is 5.56 Å². The molecule has 6 nitrogen and oxygen atoms in total. The number of hydrogen-bond acceptors (Lipinski definition) is 4. The zero-order valence-electron chi connectivity index (χ0n) is 17.3. The van der Waals surface area contributed by atoms with Crippen molar-refractivity contribution >= 4 is 16.8 Å². The van der Waals surface area contributed by atoms with Crippen LogP contribution in [0.5, 0.6) is 5.75 Å². The van der Waals surface area contributed by atoms with E-state index in [1.54, 1.807) is 29.9 Å². The molecule has 6 heteroatoms. The smallest absolute Gasteiger partial charge is 0.251 e. The monoisotopic (exact) mass is 385 g/mol. The van der Waals surface area contributed by atoms with E-state index in [4.69, 9.17) is 10.5 Å². The van der Waals surface area contributed by atoms with E-state index in [0.717, 1.165) is 13.1 Å². The Kier molecular flexibility index (Phi) is 5.79. The number of hydrogen-bond donors (Lipinski definition) is 1. The zero-order chi connectivity index (χ0) is 20.5. The number of nitrogens with zero attached hydrogens (tertiary/aromatic N) is 2. The van der Waals surface area contributed by atoms with Crippen LogP contribution in [-0.4, -0.2) is 41.6 Å². The van der Waals surface area contributed by atoms with Crippen molar-refractivity contribution in [3.05, 3.63) is 40.2 Å². The van der Waals surface area contributed by atoms with E-state index < -0.39 is 5.91 Å². The van der Waals surface area contributed by atoms with Crippen molar-refractivity contribution in [2.45, 2.75) is 52.6 Å². The minimum absolute atomic E-state index is 0.201. The third kappa shape index (κ3) is 4.07. The Morgan fingerprint density at radius 2 is 1.96 bits per heavy atom. The Balaban J connectivity index is 1.98. The summed E-state index contributed by atoms with van der Waals surface area (Å²) < 4.78 is 7.07. The molecule has 1 aliphatic heterocycles. The van der Waals surface area contributed by atoms with Gasteiger partial charge >= 0.3 is 0 Å². The van der Waals surface area contributed by atoms with Crippen LogP contribution in [0.15, 0.2) is 29.1 Å². The maximum absolute atomic E-state index is 12.8. The quantitative estimate of drug-likeness (QED) is 0.858. The van der Waals surface area contributed by atoms with Crippen LogP contribution in [0.2, 0.25) is 0 Å². The molecule has 0 spiro atoms. The molecule has 2 N–H and O–H groups in total. The van der Waals surface area contributed by atoms with Crippen molar-refractivity contribution < 1.29 is 9.53 Å². The maximum Gasteiger partial charge on any atom is 0.251 e. The highest BCUT2D eigenvalue weighted by Crippen LogP contribution is 2.32. The van der Waals surface area contributed by atoms with Gasteiger partial charge in [-0.3, -0.25) is 14.5 Å². The number of piperidine rings is 1. The van der Waals surface area contributed by atoms with Crippen LogP contribution < -0.4 is 16.0 Å². The molecule has 1 aromatic heterocycles. The van der Waals surface area contributed by atoms with Gasteiger partial charge in [0.1, 0.15) is 5.75 Å². The molecule has 2 heterocycles. The van der Waals surface area contributed by atoms with Gasteiger partial charge in [0.15, 0.2) is 0 Å². The van der Waals surface area contributed by atoms with Crippen molar-refractivity contribution in [2.24, 2.45) is 11.1 Å². The number of primary amides is 1. The SMILES string of the molecule is COc1ccc2c(C(N)=O)cc(=O)n(CCN3CCCCC3C(C)(C)C)c2c1. The lowest BCUT2D eigenvalue weighted by molar-refractivity contribution is 0.0610. The molecular formula is C22H31N3O3. The lowest BCUT2D eigenvalue weighted by atomic mass is 9.80. The van der Waals surface area contributed by atoms with Gasteiger partial charge in [-0.2, -0.15) is 0 Å². The van der Waals surface area contributed by atoms with Crippen LogP contribution in [0, 0.1) is 5.41 Å². The Morgan fingerprint density at radius 1 is 1.21 bits per heavy atom. The molecule has 152 valence electrons. The minimum atomic E-state index is -0.594. The molecule has 1 atom stereocenters. The van der Waals surface area contributed by atoms with E-state index in [0.29, 0.717) is 29.2 Å². The Labute approximate surface area is 166 Å². The Morgan fingerprint density at radius 3 is 2.61 bits per heavy atom. The van der Waals surface area contributed by atoms with Gasteiger partial charge in [0.2, 0.25) is 5.91 Å². The van der Waals surface area contributed by atoms with E-state index in [9.17, 15) is 9.59 Å². The summed E-state index contributed by atoms with van der Waals surface area (Å²) in [5.74, 6) is 0.0519. The number of benzene rings is 1. The molecule has 28 heavy (non-hydrogen) atoms. The van der Waals surface area contributed by atoms with E-state index in [1.165, 1.54) is 25.3 Å². The van der Waals surface area contributed by atoms with E-state index in [-0.39, 0.29) is 16.5 Å². The number of carbonyl (C=O) groups excluding carboxylic acids is 1. The first-order valence-electron chi connectivity index (χ1n) is 9.98. The second-order valence-corrected chi connectivity index (χ2v) is 8.71. The van der Waals surface area contributed by atoms with Gasteiger partial charge < -0.3 is 15.0 Å². The van der Waals surface area contributed by atoms with Crippen molar-refractivity contribution in [3.63, 3.8) is 0 Å². The van der Waals surface area contributed by atoms with Gasteiger partial charge in [-0.25, -0.2) is 0 Å². The van der Waals surface area contributed by atoms with Gasteiger partial charge in [-0.1, -0.05) is 27.2 Å². The summed E-state index contributed by atoms with van der Waals surface area (Å²) >= 11 is 0. The van der Waals surface area contributed by atoms with Crippen LogP contribution in [0.25, 0.3) is 10.9 Å². The molecule has 1 fully saturated rings. The number of nitrogens with two attached hydrogens (primary N) is 1. The maximum atomic E-state index is 12.8. The number of carbonyl (C=O) groups is 1. The summed E-state index contributed by atoms with van der Waals surface area (Å²) in [5.41, 5.74) is 6.43. The van der Waals surface area contributed by atoms with Crippen molar-refractivity contribution in [1.29, 1.82) is 0 Å². The van der Waals surface area contributed by atoms with Gasteiger partial charge in [-0.15, -0.1) is 0 Å². The van der Waals surface area contributed by atoms with Crippen LogP contribution in [0.3, 0.4) is 0 Å². The number of ether oxygens (including phenoxy) is 1. The van der Waals surface area contributed by atoms with Gasteiger partial charge in [-0.05, 0) is 36.9 Å². The fraction of sp³-hybridized carbons (Fsp3) is 0.545. The van der Waals surface area contributed by atoms with E-state index in [1.807, 2.05) is 0 Å². The van der Waals surface area contributed by atoms with Crippen LogP contribution in [-0.2, 0) is 6.54 Å². The minimum Gasteiger partial charge on any atom is -0.497 e. The first-order chi connectivity index (χ1) is 13.2. The highest BCUT2D eigenvalue weighted by molar-refractivity contribution is 6.05. The molecule has 1 amide bonds. The standard InChI is InChI=1S/C22H31N3O3/c1-22(2,3)19-7-5-6-10-24(19)11-12-25-18-13-15(28-4)8-9-16(18)17(21(23)27)14-20(25)26/h8-9,13-14,19H,5-7,10-12H2,1-4H3,(H2,23,27). The average Bonchev–Trinajstić information content (AvgIpc) is 2.65. The summed E-state index contributed by atoms with van der Waals surface area (Å²) in [6.07, 6.45) is 3.63. The van der Waals surface area contributed by atoms with Crippen molar-refractivity contribution in [2.75, 3.05) is 20.2 Å². The number of fused-ring (bicyclic) bond motifs is 1. The molecule has 0 radical (unpaired) electrons. The second kappa shape index (κ2) is 7.95. The molecule has 0 bridgehead atoms. The van der Waals surface area contributed by atoms with Gasteiger partial charge in [0, 0.05) is 36.7 Å². The molecule has 1 aliphatic rings. The average molecular weight is 386 g/mol. The molecule has 0 saturated carbocycles. The number of methoxy groups -OCH3 is 1. The molecular weight excluding hydrogens is 354 g/mol. The third-order valence-corrected chi connectivity index (χ3v) is 5.81. The predicted molar refractivity (Wildman–Crippen MR) is 112 cm³/mol.